The predicted molar refractivity (Wildman–Crippen MR) is 56.1 cm³/mol. The Bertz CT molecular complexity index is 113. The van der Waals surface area contributed by atoms with Crippen LogP contribution in [0, 0.1) is 17.3 Å². The summed E-state index contributed by atoms with van der Waals surface area (Å²) in [7, 11) is 0. The molecule has 0 aliphatic rings. The molecule has 0 bridgehead atoms. The Hall–Kier alpha value is -0.0400. The van der Waals surface area contributed by atoms with E-state index in [0.29, 0.717) is 11.3 Å². The fourth-order valence-electron chi connectivity index (χ4n) is 1.64. The average molecular weight is 171 g/mol. The number of rotatable bonds is 4. The zero-order valence-corrected chi connectivity index (χ0v) is 9.35. The quantitative estimate of drug-likeness (QED) is 0.691. The highest BCUT2D eigenvalue weighted by Crippen LogP contribution is 2.29. The standard InChI is InChI=1S/C11H25N/c1-6-9(2)10(8-12)7-11(3,4)5/h9-10H,6-8,12H2,1-5H3. The average Bonchev–Trinajstić information content (AvgIpc) is 1.97. The monoisotopic (exact) mass is 171 g/mol. The highest BCUT2D eigenvalue weighted by molar-refractivity contribution is 4.73. The summed E-state index contributed by atoms with van der Waals surface area (Å²) in [6.45, 7) is 12.3. The highest BCUT2D eigenvalue weighted by Gasteiger charge is 2.21. The van der Waals surface area contributed by atoms with Gasteiger partial charge in [-0.25, -0.2) is 0 Å². The molecular formula is C11H25N. The van der Waals surface area contributed by atoms with Gasteiger partial charge >= 0.3 is 0 Å². The molecule has 2 unspecified atom stereocenters. The fraction of sp³-hybridized carbons (Fsp3) is 1.00. The van der Waals surface area contributed by atoms with Crippen molar-refractivity contribution >= 4 is 0 Å². The lowest BCUT2D eigenvalue weighted by molar-refractivity contribution is 0.234. The second-order valence-corrected chi connectivity index (χ2v) is 5.15. The van der Waals surface area contributed by atoms with Crippen molar-refractivity contribution in [3.05, 3.63) is 0 Å². The zero-order chi connectivity index (χ0) is 9.78. The molecule has 0 aliphatic heterocycles. The van der Waals surface area contributed by atoms with Gasteiger partial charge in [-0.1, -0.05) is 41.0 Å². The number of nitrogens with two attached hydrogens (primary N) is 1. The van der Waals surface area contributed by atoms with Crippen LogP contribution >= 0.6 is 0 Å². The molecule has 0 amide bonds. The smallest absolute Gasteiger partial charge is 0.00461 e. The molecule has 0 aliphatic carbocycles. The molecule has 1 heteroatoms. The third-order valence-corrected chi connectivity index (χ3v) is 2.63. The Balaban J connectivity index is 3.99. The lowest BCUT2D eigenvalue weighted by atomic mass is 9.78. The van der Waals surface area contributed by atoms with E-state index >= 15 is 0 Å². The van der Waals surface area contributed by atoms with Crippen molar-refractivity contribution in [2.75, 3.05) is 6.54 Å². The van der Waals surface area contributed by atoms with E-state index in [1.807, 2.05) is 0 Å². The molecule has 0 rings (SSSR count). The zero-order valence-electron chi connectivity index (χ0n) is 9.35. The molecule has 12 heavy (non-hydrogen) atoms. The molecule has 0 heterocycles. The second kappa shape index (κ2) is 4.86. The first-order valence-corrected chi connectivity index (χ1v) is 5.10. The summed E-state index contributed by atoms with van der Waals surface area (Å²) >= 11 is 0. The molecule has 1 nitrogen and oxygen atoms in total. The van der Waals surface area contributed by atoms with E-state index in [4.69, 9.17) is 5.73 Å². The maximum absolute atomic E-state index is 5.76. The Morgan fingerprint density at radius 1 is 1.25 bits per heavy atom. The van der Waals surface area contributed by atoms with Crippen LogP contribution in [-0.2, 0) is 0 Å². The SMILES string of the molecule is CCC(C)C(CN)CC(C)(C)C. The summed E-state index contributed by atoms with van der Waals surface area (Å²) in [6, 6.07) is 0. The summed E-state index contributed by atoms with van der Waals surface area (Å²) in [6.07, 6.45) is 2.50. The fourth-order valence-corrected chi connectivity index (χ4v) is 1.64. The van der Waals surface area contributed by atoms with E-state index in [9.17, 15) is 0 Å². The Morgan fingerprint density at radius 2 is 1.75 bits per heavy atom. The van der Waals surface area contributed by atoms with Gasteiger partial charge in [-0.15, -0.1) is 0 Å². The van der Waals surface area contributed by atoms with E-state index in [1.165, 1.54) is 12.8 Å². The van der Waals surface area contributed by atoms with Crippen LogP contribution in [0.5, 0.6) is 0 Å². The summed E-state index contributed by atoms with van der Waals surface area (Å²) in [5.41, 5.74) is 6.18. The van der Waals surface area contributed by atoms with Crippen LogP contribution in [0.2, 0.25) is 0 Å². The van der Waals surface area contributed by atoms with Gasteiger partial charge in [-0.3, -0.25) is 0 Å². The molecule has 0 fully saturated rings. The van der Waals surface area contributed by atoms with Gasteiger partial charge in [0.1, 0.15) is 0 Å². The first-order chi connectivity index (χ1) is 5.40. The summed E-state index contributed by atoms with van der Waals surface area (Å²) in [4.78, 5) is 0. The van der Waals surface area contributed by atoms with Crippen molar-refractivity contribution in [3.8, 4) is 0 Å². The van der Waals surface area contributed by atoms with Crippen molar-refractivity contribution in [1.29, 1.82) is 0 Å². The maximum atomic E-state index is 5.76. The summed E-state index contributed by atoms with van der Waals surface area (Å²) in [5.74, 6) is 1.48. The normalized spacial score (nSPS) is 17.5. The van der Waals surface area contributed by atoms with Gasteiger partial charge in [0.25, 0.3) is 0 Å². The molecule has 2 N–H and O–H groups in total. The van der Waals surface area contributed by atoms with Gasteiger partial charge in [0.2, 0.25) is 0 Å². The molecule has 0 aromatic carbocycles. The van der Waals surface area contributed by atoms with Crippen molar-refractivity contribution in [3.63, 3.8) is 0 Å². The van der Waals surface area contributed by atoms with Gasteiger partial charge in [0.15, 0.2) is 0 Å². The summed E-state index contributed by atoms with van der Waals surface area (Å²) in [5, 5.41) is 0. The molecule has 0 radical (unpaired) electrons. The van der Waals surface area contributed by atoms with Crippen molar-refractivity contribution < 1.29 is 0 Å². The van der Waals surface area contributed by atoms with Crippen LogP contribution in [0.3, 0.4) is 0 Å². The van der Waals surface area contributed by atoms with E-state index in [2.05, 4.69) is 34.6 Å². The minimum Gasteiger partial charge on any atom is -0.330 e. The van der Waals surface area contributed by atoms with E-state index in [1.54, 1.807) is 0 Å². The Morgan fingerprint density at radius 3 is 2.00 bits per heavy atom. The van der Waals surface area contributed by atoms with Gasteiger partial charge in [-0.05, 0) is 30.2 Å². The third-order valence-electron chi connectivity index (χ3n) is 2.63. The minimum absolute atomic E-state index is 0.424. The predicted octanol–water partition coefficient (Wildman–Crippen LogP) is 3.04. The van der Waals surface area contributed by atoms with Crippen LogP contribution in [0.25, 0.3) is 0 Å². The van der Waals surface area contributed by atoms with Crippen LogP contribution in [0.1, 0.15) is 47.5 Å². The Kier molecular flexibility index (Phi) is 4.84. The molecule has 0 aromatic rings. The first-order valence-electron chi connectivity index (χ1n) is 5.10. The van der Waals surface area contributed by atoms with Crippen LogP contribution < -0.4 is 5.73 Å². The molecule has 0 spiro atoms. The highest BCUT2D eigenvalue weighted by atomic mass is 14.6. The first kappa shape index (κ1) is 12.0. The van der Waals surface area contributed by atoms with Gasteiger partial charge in [0.05, 0.1) is 0 Å². The van der Waals surface area contributed by atoms with Gasteiger partial charge in [0, 0.05) is 0 Å². The van der Waals surface area contributed by atoms with E-state index < -0.39 is 0 Å². The molecular weight excluding hydrogens is 146 g/mol. The lowest BCUT2D eigenvalue weighted by Gasteiger charge is -2.28. The van der Waals surface area contributed by atoms with Gasteiger partial charge in [-0.2, -0.15) is 0 Å². The molecule has 0 aromatic heterocycles. The largest absolute Gasteiger partial charge is 0.330 e. The van der Waals surface area contributed by atoms with E-state index in [0.717, 1.165) is 12.5 Å². The van der Waals surface area contributed by atoms with Crippen molar-refractivity contribution in [2.45, 2.75) is 47.5 Å². The number of hydrogen-bond donors (Lipinski definition) is 1. The Labute approximate surface area is 77.7 Å². The second-order valence-electron chi connectivity index (χ2n) is 5.15. The van der Waals surface area contributed by atoms with Crippen LogP contribution in [0.4, 0.5) is 0 Å². The third kappa shape index (κ3) is 4.76. The maximum Gasteiger partial charge on any atom is -0.00461 e. The topological polar surface area (TPSA) is 26.0 Å². The summed E-state index contributed by atoms with van der Waals surface area (Å²) < 4.78 is 0. The van der Waals surface area contributed by atoms with Gasteiger partial charge < -0.3 is 5.73 Å². The molecule has 74 valence electrons. The van der Waals surface area contributed by atoms with Crippen LogP contribution in [0.15, 0.2) is 0 Å². The van der Waals surface area contributed by atoms with E-state index in [-0.39, 0.29) is 0 Å². The van der Waals surface area contributed by atoms with Crippen LogP contribution in [-0.4, -0.2) is 6.54 Å². The lowest BCUT2D eigenvalue weighted by Crippen LogP contribution is -2.26. The van der Waals surface area contributed by atoms with Crippen molar-refractivity contribution in [1.82, 2.24) is 0 Å². The van der Waals surface area contributed by atoms with Crippen molar-refractivity contribution in [2.24, 2.45) is 23.0 Å². The molecule has 0 saturated heterocycles. The minimum atomic E-state index is 0.424. The molecule has 2 atom stereocenters. The molecule has 0 saturated carbocycles. The number of hydrogen-bond acceptors (Lipinski definition) is 1.